The van der Waals surface area contributed by atoms with Crippen molar-refractivity contribution < 1.29 is 24.2 Å². The number of anilines is 1. The van der Waals surface area contributed by atoms with Crippen LogP contribution < -0.4 is 5.32 Å². The number of rotatable bonds is 6. The molecule has 0 aliphatic carbocycles. The van der Waals surface area contributed by atoms with Gasteiger partial charge in [0.15, 0.2) is 0 Å². The van der Waals surface area contributed by atoms with Crippen LogP contribution in [0.5, 0.6) is 0 Å². The van der Waals surface area contributed by atoms with Crippen molar-refractivity contribution in [1.82, 2.24) is 0 Å². The second-order valence-electron chi connectivity index (χ2n) is 4.16. The van der Waals surface area contributed by atoms with Gasteiger partial charge in [0.2, 0.25) is 5.91 Å². The minimum Gasteiger partial charge on any atom is -0.478 e. The van der Waals surface area contributed by atoms with E-state index in [4.69, 9.17) is 9.84 Å². The molecule has 20 heavy (non-hydrogen) atoms. The molecule has 0 aromatic heterocycles. The predicted octanol–water partition coefficient (Wildman–Crippen LogP) is 1.98. The number of amides is 1. The number of hydrogen-bond acceptors (Lipinski definition) is 4. The number of carbonyl (C=O) groups is 3. The number of carbonyl (C=O) groups excluding carboxylic acids is 2. The first-order valence-corrected chi connectivity index (χ1v) is 6.24. The molecule has 6 nitrogen and oxygen atoms in total. The lowest BCUT2D eigenvalue weighted by molar-refractivity contribution is -0.144. The van der Waals surface area contributed by atoms with Crippen LogP contribution in [0, 0.1) is 6.92 Å². The van der Waals surface area contributed by atoms with Gasteiger partial charge in [-0.3, -0.25) is 9.59 Å². The number of para-hydroxylation sites is 1. The van der Waals surface area contributed by atoms with Gasteiger partial charge < -0.3 is 15.2 Å². The highest BCUT2D eigenvalue weighted by Gasteiger charge is 2.15. The van der Waals surface area contributed by atoms with Crippen LogP contribution in [-0.2, 0) is 14.3 Å². The number of benzene rings is 1. The molecule has 6 heteroatoms. The molecule has 0 atom stereocenters. The van der Waals surface area contributed by atoms with Crippen LogP contribution in [-0.4, -0.2) is 29.6 Å². The van der Waals surface area contributed by atoms with E-state index in [-0.39, 0.29) is 30.7 Å². The summed E-state index contributed by atoms with van der Waals surface area (Å²) in [6.07, 6.45) is -0.0831. The fourth-order valence-corrected chi connectivity index (χ4v) is 1.66. The van der Waals surface area contributed by atoms with Crippen molar-refractivity contribution in [3.63, 3.8) is 0 Å². The zero-order valence-corrected chi connectivity index (χ0v) is 11.4. The summed E-state index contributed by atoms with van der Waals surface area (Å²) in [5, 5.41) is 11.6. The molecule has 1 aromatic carbocycles. The van der Waals surface area contributed by atoms with E-state index in [9.17, 15) is 14.4 Å². The van der Waals surface area contributed by atoms with Gasteiger partial charge in [-0.15, -0.1) is 0 Å². The quantitative estimate of drug-likeness (QED) is 0.777. The molecule has 0 aliphatic rings. The first-order valence-electron chi connectivity index (χ1n) is 6.24. The minimum atomic E-state index is -1.12. The molecule has 0 saturated heterocycles. The normalized spacial score (nSPS) is 9.90. The van der Waals surface area contributed by atoms with Gasteiger partial charge in [0.25, 0.3) is 0 Å². The van der Waals surface area contributed by atoms with Gasteiger partial charge in [-0.2, -0.15) is 0 Å². The molecular formula is C14H17NO5. The molecule has 0 unspecified atom stereocenters. The Bertz CT molecular complexity index is 524. The van der Waals surface area contributed by atoms with E-state index in [1.807, 2.05) is 0 Å². The summed E-state index contributed by atoms with van der Waals surface area (Å²) in [5.74, 6) is -1.99. The molecular weight excluding hydrogens is 262 g/mol. The third kappa shape index (κ3) is 4.38. The number of ether oxygens (including phenoxy) is 1. The highest BCUT2D eigenvalue weighted by molar-refractivity contribution is 6.01. The lowest BCUT2D eigenvalue weighted by Gasteiger charge is -2.11. The van der Waals surface area contributed by atoms with Crippen molar-refractivity contribution in [2.45, 2.75) is 26.7 Å². The third-order valence-corrected chi connectivity index (χ3v) is 2.63. The van der Waals surface area contributed by atoms with Crippen LogP contribution in [0.3, 0.4) is 0 Å². The summed E-state index contributed by atoms with van der Waals surface area (Å²) < 4.78 is 4.72. The maximum atomic E-state index is 11.7. The lowest BCUT2D eigenvalue weighted by Crippen LogP contribution is -2.17. The summed E-state index contributed by atoms with van der Waals surface area (Å²) in [6.45, 7) is 3.65. The van der Waals surface area contributed by atoms with Crippen LogP contribution in [0.1, 0.15) is 35.7 Å². The lowest BCUT2D eigenvalue weighted by atomic mass is 10.1. The Kier molecular flexibility index (Phi) is 5.71. The zero-order chi connectivity index (χ0) is 15.1. The predicted molar refractivity (Wildman–Crippen MR) is 72.6 cm³/mol. The number of esters is 1. The second kappa shape index (κ2) is 7.28. The molecule has 0 fully saturated rings. The Morgan fingerprint density at radius 3 is 2.55 bits per heavy atom. The fraction of sp³-hybridized carbons (Fsp3) is 0.357. The van der Waals surface area contributed by atoms with Crippen molar-refractivity contribution in [3.8, 4) is 0 Å². The number of carboxylic acid groups (broad SMARTS) is 1. The maximum Gasteiger partial charge on any atom is 0.337 e. The van der Waals surface area contributed by atoms with E-state index >= 15 is 0 Å². The van der Waals surface area contributed by atoms with Gasteiger partial charge in [0, 0.05) is 6.42 Å². The Balaban J connectivity index is 2.71. The summed E-state index contributed by atoms with van der Waals surface area (Å²) in [5.41, 5.74) is 0.928. The van der Waals surface area contributed by atoms with Crippen LogP contribution in [0.15, 0.2) is 18.2 Å². The minimum absolute atomic E-state index is 0.0227. The van der Waals surface area contributed by atoms with Gasteiger partial charge in [0.05, 0.1) is 24.3 Å². The molecule has 108 valence electrons. The Morgan fingerprint density at radius 1 is 1.25 bits per heavy atom. The number of aromatic carboxylic acids is 1. The average Bonchev–Trinajstić information content (AvgIpc) is 2.39. The molecule has 0 saturated carbocycles. The van der Waals surface area contributed by atoms with E-state index in [2.05, 4.69) is 5.32 Å². The van der Waals surface area contributed by atoms with Gasteiger partial charge >= 0.3 is 11.9 Å². The fourth-order valence-electron chi connectivity index (χ4n) is 1.66. The molecule has 0 heterocycles. The van der Waals surface area contributed by atoms with E-state index in [0.717, 1.165) is 0 Å². The summed E-state index contributed by atoms with van der Waals surface area (Å²) in [4.78, 5) is 34.0. The molecule has 2 N–H and O–H groups in total. The Morgan fingerprint density at radius 2 is 1.95 bits per heavy atom. The summed E-state index contributed by atoms with van der Waals surface area (Å²) in [6, 6.07) is 4.72. The van der Waals surface area contributed by atoms with Crippen molar-refractivity contribution in [2.75, 3.05) is 11.9 Å². The van der Waals surface area contributed by atoms with E-state index in [1.165, 1.54) is 6.07 Å². The van der Waals surface area contributed by atoms with Crippen molar-refractivity contribution >= 4 is 23.5 Å². The van der Waals surface area contributed by atoms with Crippen LogP contribution >= 0.6 is 0 Å². The smallest absolute Gasteiger partial charge is 0.337 e. The second-order valence-corrected chi connectivity index (χ2v) is 4.16. The monoisotopic (exact) mass is 279 g/mol. The first-order chi connectivity index (χ1) is 9.45. The van der Waals surface area contributed by atoms with Crippen LogP contribution in [0.4, 0.5) is 5.69 Å². The molecule has 0 aliphatic heterocycles. The van der Waals surface area contributed by atoms with Crippen molar-refractivity contribution in [2.24, 2.45) is 0 Å². The number of carboxylic acids is 1. The molecule has 1 rings (SSSR count). The highest BCUT2D eigenvalue weighted by atomic mass is 16.5. The van der Waals surface area contributed by atoms with Gasteiger partial charge in [-0.05, 0) is 25.5 Å². The van der Waals surface area contributed by atoms with E-state index < -0.39 is 17.8 Å². The van der Waals surface area contributed by atoms with E-state index in [0.29, 0.717) is 5.56 Å². The molecule has 1 amide bonds. The largest absolute Gasteiger partial charge is 0.478 e. The van der Waals surface area contributed by atoms with Gasteiger partial charge in [-0.1, -0.05) is 12.1 Å². The number of aryl methyl sites for hydroxylation is 1. The molecule has 0 bridgehead atoms. The first kappa shape index (κ1) is 15.7. The van der Waals surface area contributed by atoms with Gasteiger partial charge in [-0.25, -0.2) is 4.79 Å². The number of hydrogen-bond donors (Lipinski definition) is 2. The highest BCUT2D eigenvalue weighted by Crippen LogP contribution is 2.20. The third-order valence-electron chi connectivity index (χ3n) is 2.63. The summed E-state index contributed by atoms with van der Waals surface area (Å²) in [7, 11) is 0. The average molecular weight is 279 g/mol. The number of nitrogens with one attached hydrogen (secondary N) is 1. The molecule has 0 spiro atoms. The van der Waals surface area contributed by atoms with Gasteiger partial charge in [0.1, 0.15) is 0 Å². The Labute approximate surface area is 116 Å². The SMILES string of the molecule is CCOC(=O)CCC(=O)Nc1c(C)cccc1C(=O)O. The molecule has 0 radical (unpaired) electrons. The topological polar surface area (TPSA) is 92.7 Å². The van der Waals surface area contributed by atoms with Crippen LogP contribution in [0.25, 0.3) is 0 Å². The summed E-state index contributed by atoms with van der Waals surface area (Å²) >= 11 is 0. The Hall–Kier alpha value is -2.37. The van der Waals surface area contributed by atoms with Crippen molar-refractivity contribution in [1.29, 1.82) is 0 Å². The van der Waals surface area contributed by atoms with E-state index in [1.54, 1.807) is 26.0 Å². The van der Waals surface area contributed by atoms with Crippen LogP contribution in [0.2, 0.25) is 0 Å². The maximum absolute atomic E-state index is 11.7. The zero-order valence-electron chi connectivity index (χ0n) is 11.4. The molecule has 1 aromatic rings. The van der Waals surface area contributed by atoms with Crippen molar-refractivity contribution in [3.05, 3.63) is 29.3 Å². The standard InChI is InChI=1S/C14H17NO5/c1-3-20-12(17)8-7-11(16)15-13-9(2)5-4-6-10(13)14(18)19/h4-6H,3,7-8H2,1-2H3,(H,15,16)(H,18,19).